The predicted octanol–water partition coefficient (Wildman–Crippen LogP) is 4.06. The van der Waals surface area contributed by atoms with Crippen LogP contribution in [0.5, 0.6) is 23.0 Å². The lowest BCUT2D eigenvalue weighted by atomic mass is 9.81. The quantitative estimate of drug-likeness (QED) is 0.460. The van der Waals surface area contributed by atoms with E-state index in [4.69, 9.17) is 28.9 Å². The van der Waals surface area contributed by atoms with E-state index in [0.29, 0.717) is 41.6 Å². The number of hydrogen-bond donors (Lipinski definition) is 0. The van der Waals surface area contributed by atoms with E-state index in [1.54, 1.807) is 28.4 Å². The molecule has 1 saturated heterocycles. The van der Waals surface area contributed by atoms with Crippen molar-refractivity contribution >= 4 is 17.4 Å². The summed E-state index contributed by atoms with van der Waals surface area (Å²) in [6.45, 7) is 5.12. The largest absolute Gasteiger partial charge is 0.495 e. The van der Waals surface area contributed by atoms with Crippen LogP contribution in [0, 0.1) is 6.92 Å². The molecule has 1 atom stereocenters. The maximum atomic E-state index is 13.3. The Hall–Kier alpha value is -4.01. The molecule has 0 spiro atoms. The molecule has 0 amide bonds. The normalized spacial score (nSPS) is 17.2. The Kier molecular flexibility index (Phi) is 7.26. The van der Waals surface area contributed by atoms with Gasteiger partial charge in [-0.1, -0.05) is 12.1 Å². The minimum Gasteiger partial charge on any atom is -0.495 e. The summed E-state index contributed by atoms with van der Waals surface area (Å²) in [6, 6.07) is 11.9. The molecule has 2 aromatic carbocycles. The van der Waals surface area contributed by atoms with Crippen LogP contribution < -0.4 is 28.7 Å². The molecule has 1 aromatic heterocycles. The van der Waals surface area contributed by atoms with Gasteiger partial charge in [0.2, 0.25) is 11.7 Å². The molecule has 9 heteroatoms. The van der Waals surface area contributed by atoms with E-state index in [9.17, 15) is 4.79 Å². The van der Waals surface area contributed by atoms with Crippen molar-refractivity contribution in [1.29, 1.82) is 0 Å². The first-order valence-corrected chi connectivity index (χ1v) is 12.8. The van der Waals surface area contributed by atoms with Crippen molar-refractivity contribution in [2.75, 3.05) is 64.4 Å². The number of para-hydroxylation sites is 2. The number of methoxy groups -OCH3 is 4. The molecule has 200 valence electrons. The van der Waals surface area contributed by atoms with Gasteiger partial charge < -0.3 is 28.7 Å². The third-order valence-electron chi connectivity index (χ3n) is 7.45. The molecule has 1 aliphatic carbocycles. The smallest absolute Gasteiger partial charge is 0.225 e. The Morgan fingerprint density at radius 2 is 1.42 bits per heavy atom. The Morgan fingerprint density at radius 1 is 0.789 bits per heavy atom. The third-order valence-corrected chi connectivity index (χ3v) is 7.45. The summed E-state index contributed by atoms with van der Waals surface area (Å²) < 4.78 is 22.1. The van der Waals surface area contributed by atoms with E-state index in [2.05, 4.69) is 15.9 Å². The number of nitrogens with zero attached hydrogens (tertiary/aromatic N) is 4. The molecule has 1 aliphatic heterocycles. The Bertz CT molecular complexity index is 1310. The zero-order chi connectivity index (χ0) is 26.8. The summed E-state index contributed by atoms with van der Waals surface area (Å²) in [5, 5.41) is 0. The van der Waals surface area contributed by atoms with Crippen LogP contribution in [0.25, 0.3) is 0 Å². The number of ether oxygens (including phenoxy) is 4. The molecule has 0 unspecified atom stereocenters. The van der Waals surface area contributed by atoms with Crippen LogP contribution in [0.15, 0.2) is 36.4 Å². The van der Waals surface area contributed by atoms with Crippen LogP contribution in [0.3, 0.4) is 0 Å². The second-order valence-corrected chi connectivity index (χ2v) is 9.56. The van der Waals surface area contributed by atoms with Gasteiger partial charge in [0.05, 0.1) is 51.1 Å². The summed E-state index contributed by atoms with van der Waals surface area (Å²) in [7, 11) is 6.47. The number of rotatable bonds is 7. The first-order chi connectivity index (χ1) is 18.5. The molecular formula is C29H34N4O5. The van der Waals surface area contributed by atoms with Gasteiger partial charge in [-0.3, -0.25) is 4.79 Å². The number of Topliss-reactive ketones (excluding diaryl/α,β-unsaturated/α-hetero) is 1. The van der Waals surface area contributed by atoms with Crippen LogP contribution in [-0.4, -0.2) is 70.4 Å². The third kappa shape index (κ3) is 4.68. The van der Waals surface area contributed by atoms with Gasteiger partial charge in [-0.05, 0) is 49.1 Å². The average Bonchev–Trinajstić information content (AvgIpc) is 2.95. The van der Waals surface area contributed by atoms with Crippen molar-refractivity contribution in [3.63, 3.8) is 0 Å². The highest BCUT2D eigenvalue weighted by Crippen LogP contribution is 2.43. The SMILES string of the molecule is COc1ccccc1N1CCN(c2nc(C)c3c(n2)C[C@H](c2cc(OC)c(OC)c(OC)c2)CC3=O)CC1. The number of fused-ring (bicyclic) bond motifs is 1. The van der Waals surface area contributed by atoms with Gasteiger partial charge in [-0.25, -0.2) is 9.97 Å². The standard InChI is InChI=1S/C29H34N4O5/c1-18-27-21(14-19(15-23(27)34)20-16-25(36-3)28(38-5)26(17-20)37-4)31-29(30-18)33-12-10-32(11-13-33)22-8-6-7-9-24(22)35-2/h6-9,16-17,19H,10-15H2,1-5H3/t19-/m0/s1. The van der Waals surface area contributed by atoms with Gasteiger partial charge in [0.25, 0.3) is 0 Å². The lowest BCUT2D eigenvalue weighted by Crippen LogP contribution is -2.47. The fourth-order valence-electron chi connectivity index (χ4n) is 5.51. The number of anilines is 2. The van der Waals surface area contributed by atoms with E-state index in [1.807, 2.05) is 37.3 Å². The molecule has 1 fully saturated rings. The minimum atomic E-state index is -0.0479. The molecule has 0 bridgehead atoms. The van der Waals surface area contributed by atoms with E-state index < -0.39 is 0 Å². The molecule has 0 radical (unpaired) electrons. The molecule has 5 rings (SSSR count). The summed E-state index contributed by atoms with van der Waals surface area (Å²) in [4.78, 5) is 27.5. The maximum absolute atomic E-state index is 13.3. The predicted molar refractivity (Wildman–Crippen MR) is 146 cm³/mol. The zero-order valence-corrected chi connectivity index (χ0v) is 22.6. The number of piperazine rings is 1. The van der Waals surface area contributed by atoms with Crippen LogP contribution in [0.2, 0.25) is 0 Å². The molecule has 0 saturated carbocycles. The number of aromatic nitrogens is 2. The van der Waals surface area contributed by atoms with Crippen molar-refractivity contribution in [1.82, 2.24) is 9.97 Å². The monoisotopic (exact) mass is 518 g/mol. The highest BCUT2D eigenvalue weighted by molar-refractivity contribution is 5.99. The molecule has 2 aliphatic rings. The van der Waals surface area contributed by atoms with Crippen molar-refractivity contribution in [3.8, 4) is 23.0 Å². The lowest BCUT2D eigenvalue weighted by Gasteiger charge is -2.37. The van der Waals surface area contributed by atoms with Crippen LogP contribution in [-0.2, 0) is 6.42 Å². The maximum Gasteiger partial charge on any atom is 0.225 e. The molecular weight excluding hydrogens is 484 g/mol. The Labute approximate surface area is 223 Å². The second kappa shape index (κ2) is 10.8. The highest BCUT2D eigenvalue weighted by Gasteiger charge is 2.32. The van der Waals surface area contributed by atoms with Gasteiger partial charge in [-0.2, -0.15) is 0 Å². The average molecular weight is 519 g/mol. The lowest BCUT2D eigenvalue weighted by molar-refractivity contribution is 0.0961. The number of benzene rings is 2. The molecule has 0 N–H and O–H groups in total. The zero-order valence-electron chi connectivity index (χ0n) is 22.6. The van der Waals surface area contributed by atoms with Gasteiger partial charge in [0, 0.05) is 32.6 Å². The first kappa shape index (κ1) is 25.6. The summed E-state index contributed by atoms with van der Waals surface area (Å²) in [6.07, 6.45) is 1.02. The fraction of sp³-hybridized carbons (Fsp3) is 0.414. The van der Waals surface area contributed by atoms with E-state index in [0.717, 1.165) is 54.6 Å². The van der Waals surface area contributed by atoms with Crippen molar-refractivity contribution in [2.45, 2.75) is 25.7 Å². The van der Waals surface area contributed by atoms with Gasteiger partial charge in [-0.15, -0.1) is 0 Å². The Balaban J connectivity index is 1.39. The van der Waals surface area contributed by atoms with Crippen LogP contribution in [0.4, 0.5) is 11.6 Å². The molecule has 2 heterocycles. The van der Waals surface area contributed by atoms with Gasteiger partial charge >= 0.3 is 0 Å². The molecule has 3 aromatic rings. The van der Waals surface area contributed by atoms with E-state index in [-0.39, 0.29) is 11.7 Å². The fourth-order valence-corrected chi connectivity index (χ4v) is 5.51. The van der Waals surface area contributed by atoms with Crippen molar-refractivity contribution < 1.29 is 23.7 Å². The topological polar surface area (TPSA) is 86.2 Å². The minimum absolute atomic E-state index is 0.0479. The number of aryl methyl sites for hydroxylation is 1. The summed E-state index contributed by atoms with van der Waals surface area (Å²) in [5.74, 6) is 3.26. The van der Waals surface area contributed by atoms with Gasteiger partial charge in [0.15, 0.2) is 17.3 Å². The number of ketones is 1. The summed E-state index contributed by atoms with van der Waals surface area (Å²) >= 11 is 0. The van der Waals surface area contributed by atoms with E-state index in [1.165, 1.54) is 0 Å². The van der Waals surface area contributed by atoms with Crippen molar-refractivity contribution in [2.24, 2.45) is 0 Å². The highest BCUT2D eigenvalue weighted by atomic mass is 16.5. The van der Waals surface area contributed by atoms with Crippen molar-refractivity contribution in [3.05, 3.63) is 58.9 Å². The Morgan fingerprint density at radius 3 is 2.05 bits per heavy atom. The van der Waals surface area contributed by atoms with Gasteiger partial charge in [0.1, 0.15) is 5.75 Å². The first-order valence-electron chi connectivity index (χ1n) is 12.8. The second-order valence-electron chi connectivity index (χ2n) is 9.56. The number of carbonyl (C=O) groups is 1. The van der Waals surface area contributed by atoms with Crippen LogP contribution in [0.1, 0.15) is 39.6 Å². The number of hydrogen-bond acceptors (Lipinski definition) is 9. The molecule has 38 heavy (non-hydrogen) atoms. The van der Waals surface area contributed by atoms with Crippen LogP contribution >= 0.6 is 0 Å². The molecule has 9 nitrogen and oxygen atoms in total. The number of carbonyl (C=O) groups excluding carboxylic acids is 1. The summed E-state index contributed by atoms with van der Waals surface area (Å²) in [5.41, 5.74) is 4.25. The van der Waals surface area contributed by atoms with E-state index >= 15 is 0 Å².